The number of likely N-dealkylation sites (tertiary alicyclic amines) is 1. The average molecular weight is 672 g/mol. The smallest absolute Gasteiger partial charge is 0.416 e. The summed E-state index contributed by atoms with van der Waals surface area (Å²) in [5.74, 6) is -2.42. The van der Waals surface area contributed by atoms with E-state index in [0.29, 0.717) is 22.3 Å². The molecular weight excluding hydrogens is 639 g/mol. The van der Waals surface area contributed by atoms with Crippen molar-refractivity contribution >= 4 is 35.3 Å². The molecule has 0 unspecified atom stereocenters. The Morgan fingerprint density at radius 1 is 0.837 bits per heavy atom. The van der Waals surface area contributed by atoms with Crippen LogP contribution in [0.4, 0.5) is 18.9 Å². The molecule has 0 bridgehead atoms. The van der Waals surface area contributed by atoms with Crippen LogP contribution in [0.25, 0.3) is 11.1 Å². The highest BCUT2D eigenvalue weighted by atomic mass is 19.4. The second-order valence-corrected chi connectivity index (χ2v) is 11.6. The molecule has 0 spiro atoms. The van der Waals surface area contributed by atoms with Crippen LogP contribution in [0.1, 0.15) is 56.3 Å². The van der Waals surface area contributed by atoms with E-state index in [9.17, 15) is 37.1 Å². The average Bonchev–Trinajstić information content (AvgIpc) is 3.42. The van der Waals surface area contributed by atoms with Crippen LogP contribution in [-0.4, -0.2) is 60.1 Å². The lowest BCUT2D eigenvalue weighted by atomic mass is 9.97. The van der Waals surface area contributed by atoms with Gasteiger partial charge in [-0.3, -0.25) is 28.9 Å². The molecule has 12 heteroatoms. The van der Waals surface area contributed by atoms with Crippen LogP contribution >= 0.6 is 0 Å². The van der Waals surface area contributed by atoms with Gasteiger partial charge in [0, 0.05) is 32.5 Å². The number of esters is 1. The summed E-state index contributed by atoms with van der Waals surface area (Å²) in [6, 6.07) is 23.3. The molecule has 252 valence electrons. The van der Waals surface area contributed by atoms with E-state index in [1.165, 1.54) is 49.3 Å². The number of anilines is 1. The summed E-state index contributed by atoms with van der Waals surface area (Å²) in [5.41, 5.74) is 1.41. The summed E-state index contributed by atoms with van der Waals surface area (Å²) in [6.07, 6.45) is -4.58. The summed E-state index contributed by atoms with van der Waals surface area (Å²) >= 11 is 0. The van der Waals surface area contributed by atoms with Crippen LogP contribution in [-0.2, 0) is 31.7 Å². The molecule has 0 aromatic heterocycles. The largest absolute Gasteiger partial charge is 0.463 e. The van der Waals surface area contributed by atoms with Crippen molar-refractivity contribution in [2.45, 2.75) is 31.5 Å². The van der Waals surface area contributed by atoms with Crippen molar-refractivity contribution in [1.29, 1.82) is 0 Å². The number of ether oxygens (including phenoxy) is 1. The van der Waals surface area contributed by atoms with Gasteiger partial charge in [0.2, 0.25) is 11.8 Å². The summed E-state index contributed by atoms with van der Waals surface area (Å²) in [7, 11) is 3.05. The third-order valence-electron chi connectivity index (χ3n) is 8.00. The molecule has 0 aliphatic carbocycles. The van der Waals surface area contributed by atoms with Crippen molar-refractivity contribution in [1.82, 2.24) is 9.80 Å². The highest BCUT2D eigenvalue weighted by Gasteiger charge is 2.36. The van der Waals surface area contributed by atoms with Gasteiger partial charge in [-0.15, -0.1) is 0 Å². The normalized spacial score (nSPS) is 13.6. The van der Waals surface area contributed by atoms with Crippen molar-refractivity contribution in [3.8, 4) is 11.1 Å². The Morgan fingerprint density at radius 2 is 1.47 bits per heavy atom. The van der Waals surface area contributed by atoms with Crippen molar-refractivity contribution in [2.24, 2.45) is 0 Å². The number of hydrogen-bond donors (Lipinski definition) is 1. The molecule has 4 aromatic carbocycles. The van der Waals surface area contributed by atoms with Gasteiger partial charge in [-0.1, -0.05) is 66.7 Å². The van der Waals surface area contributed by atoms with Crippen LogP contribution in [0.15, 0.2) is 97.1 Å². The molecule has 0 saturated carbocycles. The van der Waals surface area contributed by atoms with Gasteiger partial charge in [0.15, 0.2) is 0 Å². The van der Waals surface area contributed by atoms with E-state index in [2.05, 4.69) is 5.32 Å². The Labute approximate surface area is 280 Å². The maximum Gasteiger partial charge on any atom is 0.416 e. The molecule has 9 nitrogen and oxygen atoms in total. The first-order chi connectivity index (χ1) is 23.3. The van der Waals surface area contributed by atoms with Gasteiger partial charge < -0.3 is 15.0 Å². The second kappa shape index (κ2) is 14.5. The summed E-state index contributed by atoms with van der Waals surface area (Å²) in [6.45, 7) is -0.254. The quantitative estimate of drug-likeness (QED) is 0.156. The molecule has 5 rings (SSSR count). The molecule has 1 fully saturated rings. The minimum atomic E-state index is -4.51. The standard InChI is InChI=1S/C37H32F3N3O6/c1-42(2)36(48)29-20-23(21-34(46)49-22-31(25-8-4-3-5-9-25)43-32(44)18-19-33(43)45)12-17-30(29)41-35(47)28-11-7-6-10-27(28)24-13-15-26(16-14-24)37(38,39)40/h3-17,20,31H,18-19,21-22H2,1-2H3,(H,41,47)/t31-/m1/s1. The highest BCUT2D eigenvalue weighted by molar-refractivity contribution is 6.12. The maximum atomic E-state index is 13.5. The van der Waals surface area contributed by atoms with Gasteiger partial charge in [-0.05, 0) is 52.6 Å². The van der Waals surface area contributed by atoms with Gasteiger partial charge in [0.25, 0.3) is 11.8 Å². The number of halogens is 3. The van der Waals surface area contributed by atoms with Crippen LogP contribution in [0.2, 0.25) is 0 Å². The fourth-order valence-electron chi connectivity index (χ4n) is 5.52. The second-order valence-electron chi connectivity index (χ2n) is 11.6. The van der Waals surface area contributed by atoms with Crippen molar-refractivity contribution in [3.05, 3.63) is 125 Å². The van der Waals surface area contributed by atoms with E-state index in [4.69, 9.17) is 4.74 Å². The van der Waals surface area contributed by atoms with Crippen LogP contribution in [0.5, 0.6) is 0 Å². The van der Waals surface area contributed by atoms with E-state index in [0.717, 1.165) is 17.0 Å². The Hall–Kier alpha value is -5.78. The third-order valence-corrected chi connectivity index (χ3v) is 8.00. The Morgan fingerprint density at radius 3 is 2.10 bits per heavy atom. The van der Waals surface area contributed by atoms with Crippen molar-refractivity contribution < 1.29 is 41.9 Å². The van der Waals surface area contributed by atoms with E-state index in [-0.39, 0.29) is 54.5 Å². The lowest BCUT2D eigenvalue weighted by Gasteiger charge is -2.26. The Balaban J connectivity index is 1.34. The van der Waals surface area contributed by atoms with Gasteiger partial charge in [0.1, 0.15) is 6.61 Å². The monoisotopic (exact) mass is 671 g/mol. The topological polar surface area (TPSA) is 113 Å². The first-order valence-corrected chi connectivity index (χ1v) is 15.3. The van der Waals surface area contributed by atoms with Gasteiger partial charge >= 0.3 is 12.1 Å². The van der Waals surface area contributed by atoms with E-state index >= 15 is 0 Å². The van der Waals surface area contributed by atoms with E-state index < -0.39 is 35.6 Å². The molecule has 1 N–H and O–H groups in total. The number of hydrogen-bond acceptors (Lipinski definition) is 6. The first kappa shape index (κ1) is 34.6. The molecular formula is C37H32F3N3O6. The molecule has 1 saturated heterocycles. The molecule has 1 heterocycles. The summed E-state index contributed by atoms with van der Waals surface area (Å²) in [4.78, 5) is 67.1. The van der Waals surface area contributed by atoms with Gasteiger partial charge in [-0.25, -0.2) is 0 Å². The number of rotatable bonds is 10. The zero-order valence-electron chi connectivity index (χ0n) is 26.6. The Bertz CT molecular complexity index is 1880. The molecule has 1 atom stereocenters. The fourth-order valence-corrected chi connectivity index (χ4v) is 5.52. The zero-order valence-corrected chi connectivity index (χ0v) is 26.6. The Kier molecular flexibility index (Phi) is 10.3. The van der Waals surface area contributed by atoms with Crippen LogP contribution in [0.3, 0.4) is 0 Å². The predicted molar refractivity (Wildman–Crippen MR) is 174 cm³/mol. The van der Waals surface area contributed by atoms with Crippen molar-refractivity contribution in [3.63, 3.8) is 0 Å². The number of nitrogens with one attached hydrogen (secondary N) is 1. The minimum Gasteiger partial charge on any atom is -0.463 e. The maximum absolute atomic E-state index is 13.5. The zero-order chi connectivity index (χ0) is 35.3. The number of alkyl halides is 3. The molecule has 0 radical (unpaired) electrons. The van der Waals surface area contributed by atoms with Crippen LogP contribution in [0, 0.1) is 0 Å². The molecule has 4 amide bonds. The van der Waals surface area contributed by atoms with Crippen LogP contribution < -0.4 is 5.32 Å². The molecule has 4 aromatic rings. The first-order valence-electron chi connectivity index (χ1n) is 15.3. The lowest BCUT2D eigenvalue weighted by molar-refractivity contribution is -0.151. The summed E-state index contributed by atoms with van der Waals surface area (Å²) in [5, 5.41) is 2.73. The van der Waals surface area contributed by atoms with Gasteiger partial charge in [-0.2, -0.15) is 13.2 Å². The highest BCUT2D eigenvalue weighted by Crippen LogP contribution is 2.33. The lowest BCUT2D eigenvalue weighted by Crippen LogP contribution is -2.36. The number of carbonyl (C=O) groups excluding carboxylic acids is 5. The number of carbonyl (C=O) groups is 5. The third kappa shape index (κ3) is 8.03. The number of imide groups is 1. The minimum absolute atomic E-state index is 0.0856. The van der Waals surface area contributed by atoms with Crippen molar-refractivity contribution in [2.75, 3.05) is 26.0 Å². The van der Waals surface area contributed by atoms with E-state index in [1.54, 1.807) is 54.6 Å². The summed E-state index contributed by atoms with van der Waals surface area (Å²) < 4.78 is 44.9. The molecule has 1 aliphatic heterocycles. The number of benzene rings is 4. The number of nitrogens with zero attached hydrogens (tertiary/aromatic N) is 2. The predicted octanol–water partition coefficient (Wildman–Crippen LogP) is 6.30. The SMILES string of the molecule is CN(C)C(=O)c1cc(CC(=O)OC[C@H](c2ccccc2)N2C(=O)CCC2=O)ccc1NC(=O)c1ccccc1-c1ccc(C(F)(F)F)cc1. The molecule has 1 aliphatic rings. The molecule has 49 heavy (non-hydrogen) atoms. The number of amides is 4. The fraction of sp³-hybridized carbons (Fsp3) is 0.216. The van der Waals surface area contributed by atoms with Gasteiger partial charge in [0.05, 0.1) is 29.3 Å². The van der Waals surface area contributed by atoms with E-state index in [1.807, 2.05) is 0 Å².